The highest BCUT2D eigenvalue weighted by atomic mass is 35.5. The fourth-order valence-electron chi connectivity index (χ4n) is 2.53. The number of aromatic nitrogens is 4. The molecule has 1 amide bonds. The predicted molar refractivity (Wildman–Crippen MR) is 109 cm³/mol. The standard InChI is InChI=1S/C18H17Cl2N5OS/c1-10-4-5-16(11(2)6-10)25-18(22-23-24-25)27-12(3)17(26)21-15-8-13(19)7-14(20)9-15/h4-9,12H,1-3H3,(H,21,26). The molecular formula is C18H17Cl2N5OS. The molecule has 1 atom stereocenters. The minimum Gasteiger partial charge on any atom is -0.325 e. The van der Waals surface area contributed by atoms with Crippen molar-refractivity contribution < 1.29 is 4.79 Å². The van der Waals surface area contributed by atoms with Crippen LogP contribution in [0.15, 0.2) is 41.6 Å². The van der Waals surface area contributed by atoms with E-state index in [-0.39, 0.29) is 5.91 Å². The van der Waals surface area contributed by atoms with E-state index >= 15 is 0 Å². The van der Waals surface area contributed by atoms with Gasteiger partial charge in [-0.25, -0.2) is 0 Å². The van der Waals surface area contributed by atoms with Gasteiger partial charge in [0.1, 0.15) is 0 Å². The second kappa shape index (κ2) is 8.29. The van der Waals surface area contributed by atoms with Crippen LogP contribution >= 0.6 is 35.0 Å². The lowest BCUT2D eigenvalue weighted by atomic mass is 10.1. The molecule has 0 aliphatic heterocycles. The second-order valence-electron chi connectivity index (χ2n) is 6.07. The third kappa shape index (κ3) is 4.80. The molecule has 27 heavy (non-hydrogen) atoms. The number of hydrogen-bond donors (Lipinski definition) is 1. The van der Waals surface area contributed by atoms with Gasteiger partial charge in [-0.1, -0.05) is 52.7 Å². The van der Waals surface area contributed by atoms with Crippen molar-refractivity contribution in [3.8, 4) is 5.69 Å². The Morgan fingerprint density at radius 1 is 1.15 bits per heavy atom. The summed E-state index contributed by atoms with van der Waals surface area (Å²) in [5.74, 6) is -0.200. The fourth-order valence-corrected chi connectivity index (χ4v) is 3.85. The third-order valence-corrected chi connectivity index (χ3v) is 5.27. The molecule has 1 unspecified atom stereocenters. The van der Waals surface area contributed by atoms with Crippen molar-refractivity contribution in [1.29, 1.82) is 0 Å². The molecule has 0 aliphatic carbocycles. The maximum Gasteiger partial charge on any atom is 0.237 e. The summed E-state index contributed by atoms with van der Waals surface area (Å²) in [7, 11) is 0. The van der Waals surface area contributed by atoms with E-state index in [1.807, 2.05) is 26.0 Å². The Balaban J connectivity index is 1.75. The minimum atomic E-state index is -0.432. The number of carbonyl (C=O) groups excluding carboxylic acids is 1. The largest absolute Gasteiger partial charge is 0.325 e. The Labute approximate surface area is 171 Å². The Bertz CT molecular complexity index is 971. The van der Waals surface area contributed by atoms with Gasteiger partial charge in [-0.3, -0.25) is 4.79 Å². The molecule has 9 heteroatoms. The van der Waals surface area contributed by atoms with Crippen molar-refractivity contribution in [2.24, 2.45) is 0 Å². The van der Waals surface area contributed by atoms with Gasteiger partial charge < -0.3 is 5.32 Å². The molecule has 0 radical (unpaired) electrons. The molecule has 1 heterocycles. The number of rotatable bonds is 5. The Hall–Kier alpha value is -2.09. The van der Waals surface area contributed by atoms with Crippen LogP contribution in [-0.2, 0) is 4.79 Å². The molecule has 0 bridgehead atoms. The summed E-state index contributed by atoms with van der Waals surface area (Å²) in [4.78, 5) is 12.5. The molecule has 0 saturated heterocycles. The summed E-state index contributed by atoms with van der Waals surface area (Å²) in [6.45, 7) is 5.81. The number of carbonyl (C=O) groups is 1. The molecule has 0 saturated carbocycles. The van der Waals surface area contributed by atoms with Gasteiger partial charge in [-0.2, -0.15) is 4.68 Å². The average Bonchev–Trinajstić information content (AvgIpc) is 3.01. The van der Waals surface area contributed by atoms with Crippen LogP contribution in [-0.4, -0.2) is 31.4 Å². The van der Waals surface area contributed by atoms with E-state index in [0.717, 1.165) is 16.8 Å². The van der Waals surface area contributed by atoms with Gasteiger partial charge in [0.15, 0.2) is 0 Å². The van der Waals surface area contributed by atoms with Crippen molar-refractivity contribution in [1.82, 2.24) is 20.2 Å². The minimum absolute atomic E-state index is 0.200. The molecule has 1 aromatic heterocycles. The van der Waals surface area contributed by atoms with Crippen LogP contribution in [0, 0.1) is 13.8 Å². The van der Waals surface area contributed by atoms with Crippen LogP contribution in [0.25, 0.3) is 5.69 Å². The Morgan fingerprint density at radius 3 is 2.52 bits per heavy atom. The summed E-state index contributed by atoms with van der Waals surface area (Å²) in [6.07, 6.45) is 0. The zero-order valence-electron chi connectivity index (χ0n) is 14.9. The molecule has 0 fully saturated rings. The summed E-state index contributed by atoms with van der Waals surface area (Å²) in [5, 5.41) is 15.7. The Morgan fingerprint density at radius 2 is 1.85 bits per heavy atom. The first-order valence-electron chi connectivity index (χ1n) is 8.13. The first kappa shape index (κ1) is 19.7. The van der Waals surface area contributed by atoms with E-state index in [9.17, 15) is 4.79 Å². The number of nitrogens with zero attached hydrogens (tertiary/aromatic N) is 4. The summed E-state index contributed by atoms with van der Waals surface area (Å²) < 4.78 is 1.64. The molecule has 3 rings (SSSR count). The number of thioether (sulfide) groups is 1. The molecule has 1 N–H and O–H groups in total. The number of amides is 1. The lowest BCUT2D eigenvalue weighted by molar-refractivity contribution is -0.115. The first-order valence-corrected chi connectivity index (χ1v) is 9.76. The number of benzene rings is 2. The van der Waals surface area contributed by atoms with E-state index < -0.39 is 5.25 Å². The quantitative estimate of drug-likeness (QED) is 0.604. The molecule has 6 nitrogen and oxygen atoms in total. The van der Waals surface area contributed by atoms with Crippen molar-refractivity contribution >= 4 is 46.6 Å². The lowest BCUT2D eigenvalue weighted by Crippen LogP contribution is -2.23. The van der Waals surface area contributed by atoms with Crippen LogP contribution in [0.1, 0.15) is 18.1 Å². The Kier molecular flexibility index (Phi) is 6.04. The van der Waals surface area contributed by atoms with Gasteiger partial charge in [0.05, 0.1) is 10.9 Å². The van der Waals surface area contributed by atoms with Gasteiger partial charge >= 0.3 is 0 Å². The topological polar surface area (TPSA) is 72.7 Å². The van der Waals surface area contributed by atoms with E-state index in [0.29, 0.717) is 20.9 Å². The highest BCUT2D eigenvalue weighted by molar-refractivity contribution is 8.00. The predicted octanol–water partition coefficient (Wildman–Crippen LogP) is 4.71. The van der Waals surface area contributed by atoms with E-state index in [1.54, 1.807) is 29.8 Å². The van der Waals surface area contributed by atoms with Crippen molar-refractivity contribution in [3.05, 3.63) is 57.6 Å². The maximum absolute atomic E-state index is 12.5. The van der Waals surface area contributed by atoms with E-state index in [2.05, 4.69) is 26.9 Å². The van der Waals surface area contributed by atoms with Crippen LogP contribution in [0.3, 0.4) is 0 Å². The van der Waals surface area contributed by atoms with Gasteiger partial charge in [-0.05, 0) is 61.0 Å². The zero-order valence-corrected chi connectivity index (χ0v) is 17.2. The van der Waals surface area contributed by atoms with Crippen molar-refractivity contribution in [2.45, 2.75) is 31.2 Å². The van der Waals surface area contributed by atoms with Crippen LogP contribution in [0.2, 0.25) is 10.0 Å². The van der Waals surface area contributed by atoms with Gasteiger partial charge in [0.2, 0.25) is 11.1 Å². The van der Waals surface area contributed by atoms with Gasteiger partial charge in [0.25, 0.3) is 0 Å². The maximum atomic E-state index is 12.5. The number of nitrogens with one attached hydrogen (secondary N) is 1. The van der Waals surface area contributed by atoms with Crippen LogP contribution in [0.5, 0.6) is 0 Å². The monoisotopic (exact) mass is 421 g/mol. The number of halogens is 2. The summed E-state index contributed by atoms with van der Waals surface area (Å²) in [6, 6.07) is 10.9. The SMILES string of the molecule is Cc1ccc(-n2nnnc2SC(C)C(=O)Nc2cc(Cl)cc(Cl)c2)c(C)c1. The van der Waals surface area contributed by atoms with Crippen molar-refractivity contribution in [3.63, 3.8) is 0 Å². The number of aryl methyl sites for hydroxylation is 2. The van der Waals surface area contributed by atoms with Crippen LogP contribution in [0.4, 0.5) is 5.69 Å². The summed E-state index contributed by atoms with van der Waals surface area (Å²) >= 11 is 13.2. The highest BCUT2D eigenvalue weighted by Gasteiger charge is 2.20. The number of tetrazole rings is 1. The highest BCUT2D eigenvalue weighted by Crippen LogP contribution is 2.27. The fraction of sp³-hybridized carbons (Fsp3) is 0.222. The molecule has 0 aliphatic rings. The van der Waals surface area contributed by atoms with Crippen LogP contribution < -0.4 is 5.32 Å². The molecule has 3 aromatic rings. The van der Waals surface area contributed by atoms with E-state index in [1.165, 1.54) is 11.8 Å². The third-order valence-electron chi connectivity index (χ3n) is 3.80. The number of anilines is 1. The average molecular weight is 422 g/mol. The first-order chi connectivity index (χ1) is 12.8. The molecular weight excluding hydrogens is 405 g/mol. The van der Waals surface area contributed by atoms with Gasteiger partial charge in [0, 0.05) is 15.7 Å². The normalized spacial score (nSPS) is 12.0. The molecule has 140 valence electrons. The van der Waals surface area contributed by atoms with E-state index in [4.69, 9.17) is 23.2 Å². The van der Waals surface area contributed by atoms with Crippen molar-refractivity contribution in [2.75, 3.05) is 5.32 Å². The number of hydrogen-bond acceptors (Lipinski definition) is 5. The smallest absolute Gasteiger partial charge is 0.237 e. The lowest BCUT2D eigenvalue weighted by Gasteiger charge is -2.13. The molecule has 0 spiro atoms. The van der Waals surface area contributed by atoms with Gasteiger partial charge in [-0.15, -0.1) is 5.10 Å². The summed E-state index contributed by atoms with van der Waals surface area (Å²) in [5.41, 5.74) is 3.63. The molecule has 2 aromatic carbocycles. The second-order valence-corrected chi connectivity index (χ2v) is 8.25. The zero-order chi connectivity index (χ0) is 19.6.